The van der Waals surface area contributed by atoms with Crippen molar-refractivity contribution >= 4 is 21.5 Å². The molecule has 0 spiro atoms. The fourth-order valence-corrected chi connectivity index (χ4v) is 2.85. The van der Waals surface area contributed by atoms with Crippen LogP contribution < -0.4 is 0 Å². The van der Waals surface area contributed by atoms with E-state index >= 15 is 0 Å². The van der Waals surface area contributed by atoms with Crippen molar-refractivity contribution in [2.45, 2.75) is 0 Å². The van der Waals surface area contributed by atoms with Crippen LogP contribution in [0.3, 0.4) is 0 Å². The van der Waals surface area contributed by atoms with Gasteiger partial charge in [-0.25, -0.2) is 0 Å². The molecule has 0 fully saturated rings. The highest BCUT2D eigenvalue weighted by Gasteiger charge is 2.06. The van der Waals surface area contributed by atoms with E-state index in [4.69, 9.17) is 0 Å². The minimum Gasteiger partial charge on any atom is -0.0622 e. The number of hydrogen-bond acceptors (Lipinski definition) is 0. The second-order valence-corrected chi connectivity index (χ2v) is 4.97. The Morgan fingerprint density at radius 3 is 2.45 bits per heavy atom. The number of hydrogen-bond donors (Lipinski definition) is 0. The topological polar surface area (TPSA) is 0 Å². The van der Waals surface area contributed by atoms with Crippen LogP contribution in [0.5, 0.6) is 0 Å². The van der Waals surface area contributed by atoms with Crippen LogP contribution in [0.4, 0.5) is 0 Å². The molecule has 4 aromatic carbocycles. The molecule has 0 aliphatic carbocycles. The zero-order valence-corrected chi connectivity index (χ0v) is 11.0. The van der Waals surface area contributed by atoms with E-state index in [-0.39, 0.29) is 0 Å². The summed E-state index contributed by atoms with van der Waals surface area (Å²) in [5.41, 5.74) is 2.54. The molecule has 0 saturated heterocycles. The third kappa shape index (κ3) is 1.70. The maximum Gasteiger partial charge on any atom is -0.00266 e. The van der Waals surface area contributed by atoms with Crippen molar-refractivity contribution in [1.29, 1.82) is 0 Å². The molecule has 0 bridgehead atoms. The van der Waals surface area contributed by atoms with Gasteiger partial charge in [-0.1, -0.05) is 78.9 Å². The highest BCUT2D eigenvalue weighted by atomic mass is 14.1. The molecule has 20 heavy (non-hydrogen) atoms. The van der Waals surface area contributed by atoms with Gasteiger partial charge in [0.25, 0.3) is 0 Å². The Labute approximate surface area is 118 Å². The molecule has 0 atom stereocenters. The molecule has 0 heteroatoms. The first-order chi connectivity index (χ1) is 9.93. The van der Waals surface area contributed by atoms with Gasteiger partial charge in [-0.05, 0) is 38.7 Å². The van der Waals surface area contributed by atoms with Crippen molar-refractivity contribution in [1.82, 2.24) is 0 Å². The second-order valence-electron chi connectivity index (χ2n) is 4.97. The van der Waals surface area contributed by atoms with Crippen LogP contribution in [0.1, 0.15) is 0 Å². The molecule has 0 aliphatic rings. The molecule has 0 saturated carbocycles. The van der Waals surface area contributed by atoms with Gasteiger partial charge in [0, 0.05) is 0 Å². The third-order valence-electron chi connectivity index (χ3n) is 3.77. The summed E-state index contributed by atoms with van der Waals surface area (Å²) in [5.74, 6) is 0. The molecular weight excluding hydrogens is 240 g/mol. The first-order valence-electron chi connectivity index (χ1n) is 6.81. The molecule has 0 aromatic heterocycles. The fraction of sp³-hybridized carbons (Fsp3) is 0. The average molecular weight is 253 g/mol. The Morgan fingerprint density at radius 1 is 0.650 bits per heavy atom. The predicted octanol–water partition coefficient (Wildman–Crippen LogP) is 5.46. The summed E-state index contributed by atoms with van der Waals surface area (Å²) in [4.78, 5) is 0. The van der Waals surface area contributed by atoms with Crippen molar-refractivity contribution in [3.8, 4) is 11.1 Å². The lowest BCUT2D eigenvalue weighted by atomic mass is 9.94. The van der Waals surface area contributed by atoms with Gasteiger partial charge in [0.1, 0.15) is 0 Å². The maximum absolute atomic E-state index is 3.32. The second kappa shape index (κ2) is 4.50. The molecule has 93 valence electrons. The zero-order chi connectivity index (χ0) is 13.4. The SMILES string of the molecule is [c]1cccc2c1ccc1cccc(-c3ccccc3)c12. The van der Waals surface area contributed by atoms with E-state index in [1.54, 1.807) is 0 Å². The van der Waals surface area contributed by atoms with Gasteiger partial charge in [-0.2, -0.15) is 0 Å². The monoisotopic (exact) mass is 253 g/mol. The predicted molar refractivity (Wildman–Crippen MR) is 85.7 cm³/mol. The van der Waals surface area contributed by atoms with Crippen LogP contribution in [0, 0.1) is 6.07 Å². The van der Waals surface area contributed by atoms with Gasteiger partial charge in [0.15, 0.2) is 0 Å². The highest BCUT2D eigenvalue weighted by molar-refractivity contribution is 6.14. The van der Waals surface area contributed by atoms with E-state index in [1.807, 2.05) is 6.07 Å². The minimum absolute atomic E-state index is 1.17. The first-order valence-corrected chi connectivity index (χ1v) is 6.81. The Bertz CT molecular complexity index is 889. The molecule has 1 radical (unpaired) electrons. The Hall–Kier alpha value is -2.60. The lowest BCUT2D eigenvalue weighted by Gasteiger charge is -2.10. The summed E-state index contributed by atoms with van der Waals surface area (Å²) in [6.07, 6.45) is 0. The van der Waals surface area contributed by atoms with E-state index in [9.17, 15) is 0 Å². The quantitative estimate of drug-likeness (QED) is 0.395. The molecule has 4 aromatic rings. The third-order valence-corrected chi connectivity index (χ3v) is 3.77. The molecule has 0 aliphatic heterocycles. The summed E-state index contributed by atoms with van der Waals surface area (Å²) in [7, 11) is 0. The number of rotatable bonds is 1. The van der Waals surface area contributed by atoms with Crippen LogP contribution >= 0.6 is 0 Å². The van der Waals surface area contributed by atoms with Crippen LogP contribution in [-0.2, 0) is 0 Å². The van der Waals surface area contributed by atoms with Crippen LogP contribution in [0.2, 0.25) is 0 Å². The van der Waals surface area contributed by atoms with Crippen LogP contribution in [-0.4, -0.2) is 0 Å². The first kappa shape index (κ1) is 11.2. The normalized spacial score (nSPS) is 11.0. The van der Waals surface area contributed by atoms with Crippen molar-refractivity contribution in [2.24, 2.45) is 0 Å². The van der Waals surface area contributed by atoms with Crippen molar-refractivity contribution in [2.75, 3.05) is 0 Å². The van der Waals surface area contributed by atoms with E-state index < -0.39 is 0 Å². The summed E-state index contributed by atoms with van der Waals surface area (Å²) in [6, 6.07) is 30.9. The average Bonchev–Trinajstić information content (AvgIpc) is 2.55. The van der Waals surface area contributed by atoms with Crippen molar-refractivity contribution in [3.05, 3.63) is 84.9 Å². The molecular formula is C20H13. The van der Waals surface area contributed by atoms with Gasteiger partial charge < -0.3 is 0 Å². The molecule has 0 heterocycles. The van der Waals surface area contributed by atoms with Gasteiger partial charge in [0.05, 0.1) is 0 Å². The van der Waals surface area contributed by atoms with E-state index in [0.29, 0.717) is 0 Å². The zero-order valence-electron chi connectivity index (χ0n) is 11.0. The van der Waals surface area contributed by atoms with Gasteiger partial charge >= 0.3 is 0 Å². The van der Waals surface area contributed by atoms with Gasteiger partial charge in [0.2, 0.25) is 0 Å². The summed E-state index contributed by atoms with van der Waals surface area (Å²) in [5, 5.41) is 5.03. The lowest BCUT2D eigenvalue weighted by Crippen LogP contribution is -1.83. The smallest absolute Gasteiger partial charge is 0.00266 e. The summed E-state index contributed by atoms with van der Waals surface area (Å²) < 4.78 is 0. The fourth-order valence-electron chi connectivity index (χ4n) is 2.85. The van der Waals surface area contributed by atoms with E-state index in [2.05, 4.69) is 78.9 Å². The number of benzene rings is 4. The van der Waals surface area contributed by atoms with Crippen LogP contribution in [0.15, 0.2) is 78.9 Å². The summed E-state index contributed by atoms with van der Waals surface area (Å²) in [6.45, 7) is 0. The Kier molecular flexibility index (Phi) is 2.53. The van der Waals surface area contributed by atoms with Gasteiger partial charge in [-0.3, -0.25) is 0 Å². The van der Waals surface area contributed by atoms with Crippen LogP contribution in [0.25, 0.3) is 32.7 Å². The highest BCUT2D eigenvalue weighted by Crippen LogP contribution is 2.33. The Morgan fingerprint density at radius 2 is 1.55 bits per heavy atom. The largest absolute Gasteiger partial charge is 0.0622 e. The molecule has 0 nitrogen and oxygen atoms in total. The van der Waals surface area contributed by atoms with Crippen molar-refractivity contribution < 1.29 is 0 Å². The molecule has 4 rings (SSSR count). The molecule has 0 amide bonds. The molecule has 0 N–H and O–H groups in total. The van der Waals surface area contributed by atoms with E-state index in [0.717, 1.165) is 0 Å². The molecule has 0 unspecified atom stereocenters. The van der Waals surface area contributed by atoms with E-state index in [1.165, 1.54) is 32.7 Å². The van der Waals surface area contributed by atoms with Crippen molar-refractivity contribution in [3.63, 3.8) is 0 Å². The Balaban J connectivity index is 2.19. The minimum atomic E-state index is 1.17. The van der Waals surface area contributed by atoms with Gasteiger partial charge in [-0.15, -0.1) is 0 Å². The standard InChI is InChI=1S/C20H13/c1-2-7-15(8-3-1)19-12-6-10-17-14-13-16-9-4-5-11-18(16)20(17)19/h1-8,10-14H. The maximum atomic E-state index is 3.32. The number of fused-ring (bicyclic) bond motifs is 3. The lowest BCUT2D eigenvalue weighted by molar-refractivity contribution is 1.66. The summed E-state index contributed by atoms with van der Waals surface area (Å²) >= 11 is 0.